The van der Waals surface area contributed by atoms with Crippen molar-refractivity contribution in [2.45, 2.75) is 38.7 Å². The van der Waals surface area contributed by atoms with Crippen molar-refractivity contribution in [3.05, 3.63) is 52.6 Å². The third-order valence-electron chi connectivity index (χ3n) is 6.70. The number of fused-ring (bicyclic) bond motifs is 2. The average molecular weight is 421 g/mol. The van der Waals surface area contributed by atoms with Crippen LogP contribution in [0.5, 0.6) is 17.2 Å². The van der Waals surface area contributed by atoms with Crippen LogP contribution in [0.1, 0.15) is 51.1 Å². The zero-order valence-electron chi connectivity index (χ0n) is 18.0. The molecular weight excluding hydrogens is 394 g/mol. The molecule has 0 bridgehead atoms. The van der Waals surface area contributed by atoms with Crippen molar-refractivity contribution in [2.75, 3.05) is 32.8 Å². The largest absolute Gasteiger partial charge is 0.486 e. The van der Waals surface area contributed by atoms with Gasteiger partial charge in [0, 0.05) is 31.5 Å². The van der Waals surface area contributed by atoms with Crippen LogP contribution in [-0.2, 0) is 0 Å². The average Bonchev–Trinajstić information content (AvgIpc) is 2.77. The van der Waals surface area contributed by atoms with E-state index >= 15 is 0 Å². The summed E-state index contributed by atoms with van der Waals surface area (Å²) in [6.45, 7) is 6.89. The molecule has 31 heavy (non-hydrogen) atoms. The van der Waals surface area contributed by atoms with E-state index in [-0.39, 0.29) is 11.6 Å². The first-order chi connectivity index (χ1) is 14.9. The van der Waals surface area contributed by atoms with Gasteiger partial charge in [-0.1, -0.05) is 0 Å². The molecule has 1 saturated heterocycles. The molecule has 2 aromatic carbocycles. The Morgan fingerprint density at radius 3 is 2.45 bits per heavy atom. The Kier molecular flexibility index (Phi) is 4.97. The molecule has 0 unspecified atom stereocenters. The van der Waals surface area contributed by atoms with E-state index in [0.29, 0.717) is 54.6 Å². The number of likely N-dealkylation sites (tertiary alicyclic amines) is 1. The number of carbonyl (C=O) groups is 2. The fraction of sp³-hybridized carbons (Fsp3) is 0.440. The van der Waals surface area contributed by atoms with Gasteiger partial charge in [-0.05, 0) is 55.3 Å². The highest BCUT2D eigenvalue weighted by Gasteiger charge is 2.43. The minimum absolute atomic E-state index is 0.0602. The molecule has 1 spiro atoms. The van der Waals surface area contributed by atoms with Crippen LogP contribution in [0.4, 0.5) is 0 Å². The van der Waals surface area contributed by atoms with Gasteiger partial charge in [0.15, 0.2) is 23.1 Å². The second-order valence-electron chi connectivity index (χ2n) is 8.88. The van der Waals surface area contributed by atoms with Gasteiger partial charge >= 0.3 is 0 Å². The van der Waals surface area contributed by atoms with Gasteiger partial charge in [0.25, 0.3) is 0 Å². The molecule has 6 nitrogen and oxygen atoms in total. The number of aryl methyl sites for hydroxylation is 2. The van der Waals surface area contributed by atoms with Gasteiger partial charge in [0.2, 0.25) is 0 Å². The lowest BCUT2D eigenvalue weighted by atomic mass is 9.82. The Labute approximate surface area is 182 Å². The van der Waals surface area contributed by atoms with Crippen LogP contribution in [-0.4, -0.2) is 54.9 Å². The fourth-order valence-corrected chi connectivity index (χ4v) is 4.66. The minimum Gasteiger partial charge on any atom is -0.486 e. The van der Waals surface area contributed by atoms with Crippen LogP contribution in [0, 0.1) is 13.8 Å². The van der Waals surface area contributed by atoms with Crippen molar-refractivity contribution in [2.24, 2.45) is 0 Å². The van der Waals surface area contributed by atoms with Crippen molar-refractivity contribution in [3.63, 3.8) is 0 Å². The lowest BCUT2D eigenvalue weighted by Gasteiger charge is -2.44. The summed E-state index contributed by atoms with van der Waals surface area (Å²) >= 11 is 0. The number of rotatable bonds is 3. The molecule has 0 aromatic heterocycles. The molecule has 2 aromatic rings. The van der Waals surface area contributed by atoms with Crippen LogP contribution < -0.4 is 14.2 Å². The minimum atomic E-state index is -0.456. The van der Waals surface area contributed by atoms with E-state index in [1.165, 1.54) is 0 Å². The number of piperidine rings is 1. The molecule has 0 aliphatic carbocycles. The Morgan fingerprint density at radius 1 is 0.968 bits per heavy atom. The normalized spacial score (nSPS) is 19.6. The molecule has 0 amide bonds. The van der Waals surface area contributed by atoms with Gasteiger partial charge in [0.05, 0.1) is 18.5 Å². The molecule has 162 valence electrons. The number of ketones is 2. The second kappa shape index (κ2) is 7.68. The summed E-state index contributed by atoms with van der Waals surface area (Å²) in [5.41, 5.74) is 3.12. The second-order valence-corrected chi connectivity index (χ2v) is 8.88. The third-order valence-corrected chi connectivity index (χ3v) is 6.70. The van der Waals surface area contributed by atoms with Gasteiger partial charge in [-0.25, -0.2) is 0 Å². The van der Waals surface area contributed by atoms with Crippen molar-refractivity contribution >= 4 is 11.6 Å². The number of carbonyl (C=O) groups excluding carboxylic acids is 2. The molecule has 5 rings (SSSR count). The molecule has 1 fully saturated rings. The van der Waals surface area contributed by atoms with Gasteiger partial charge in [-0.2, -0.15) is 0 Å². The van der Waals surface area contributed by atoms with Crippen LogP contribution >= 0.6 is 0 Å². The zero-order valence-corrected chi connectivity index (χ0v) is 18.0. The number of hydrogen-bond donors (Lipinski definition) is 0. The molecule has 3 aliphatic heterocycles. The predicted molar refractivity (Wildman–Crippen MR) is 116 cm³/mol. The van der Waals surface area contributed by atoms with E-state index in [2.05, 4.69) is 4.90 Å². The monoisotopic (exact) mass is 421 g/mol. The maximum Gasteiger partial charge on any atom is 0.176 e. The van der Waals surface area contributed by atoms with Crippen molar-refractivity contribution in [3.8, 4) is 17.2 Å². The van der Waals surface area contributed by atoms with E-state index < -0.39 is 5.60 Å². The number of Topliss-reactive ketones (excluding diaryl/α,β-unsaturated/α-hetero) is 2. The standard InChI is InChI=1S/C25H27NO5/c1-16-11-19-20(27)14-25(31-23(19)12-17(16)2)5-7-26(8-6-25)15-21(28)18-3-4-22-24(13-18)30-10-9-29-22/h3-4,11-13H,5-10,14-15H2,1-2H3. The number of benzene rings is 2. The summed E-state index contributed by atoms with van der Waals surface area (Å²) in [7, 11) is 0. The summed E-state index contributed by atoms with van der Waals surface area (Å²) in [5.74, 6) is 2.25. The Hall–Kier alpha value is -2.86. The molecule has 0 saturated carbocycles. The molecule has 0 radical (unpaired) electrons. The Balaban J connectivity index is 1.24. The maximum atomic E-state index is 12.8. The van der Waals surface area contributed by atoms with Crippen molar-refractivity contribution in [1.29, 1.82) is 0 Å². The molecule has 0 N–H and O–H groups in total. The molecule has 6 heteroatoms. The van der Waals surface area contributed by atoms with E-state index in [1.807, 2.05) is 26.0 Å². The van der Waals surface area contributed by atoms with E-state index in [1.54, 1.807) is 18.2 Å². The number of hydrogen-bond acceptors (Lipinski definition) is 6. The van der Waals surface area contributed by atoms with Gasteiger partial charge in [0.1, 0.15) is 24.6 Å². The third kappa shape index (κ3) is 3.81. The first kappa shape index (κ1) is 20.1. The maximum absolute atomic E-state index is 12.8. The highest BCUT2D eigenvalue weighted by molar-refractivity contribution is 6.01. The van der Waals surface area contributed by atoms with E-state index in [4.69, 9.17) is 14.2 Å². The van der Waals surface area contributed by atoms with Crippen LogP contribution in [0.2, 0.25) is 0 Å². The Morgan fingerprint density at radius 2 is 1.68 bits per heavy atom. The van der Waals surface area contributed by atoms with Gasteiger partial charge in [-0.3, -0.25) is 14.5 Å². The van der Waals surface area contributed by atoms with E-state index in [9.17, 15) is 9.59 Å². The Bertz CT molecular complexity index is 1050. The smallest absolute Gasteiger partial charge is 0.176 e. The van der Waals surface area contributed by atoms with Crippen LogP contribution in [0.3, 0.4) is 0 Å². The lowest BCUT2D eigenvalue weighted by Crippen LogP contribution is -2.51. The molecule has 3 aliphatic rings. The summed E-state index contributed by atoms with van der Waals surface area (Å²) in [6.07, 6.45) is 1.88. The SMILES string of the molecule is Cc1cc2c(cc1C)C(=O)CC1(CCN(CC(=O)c3ccc4c(c3)OCCO4)CC1)O2. The van der Waals surface area contributed by atoms with E-state index in [0.717, 1.165) is 37.1 Å². The van der Waals surface area contributed by atoms with Crippen LogP contribution in [0.25, 0.3) is 0 Å². The van der Waals surface area contributed by atoms with Crippen LogP contribution in [0.15, 0.2) is 30.3 Å². The number of nitrogens with zero attached hydrogens (tertiary/aromatic N) is 1. The summed E-state index contributed by atoms with van der Waals surface area (Å²) in [6, 6.07) is 9.30. The lowest BCUT2D eigenvalue weighted by molar-refractivity contribution is -0.00807. The first-order valence-electron chi connectivity index (χ1n) is 10.9. The van der Waals surface area contributed by atoms with Crippen molar-refractivity contribution in [1.82, 2.24) is 4.90 Å². The molecular formula is C25H27NO5. The molecule has 3 heterocycles. The quantitative estimate of drug-likeness (QED) is 0.704. The topological polar surface area (TPSA) is 65.1 Å². The first-order valence-corrected chi connectivity index (χ1v) is 10.9. The number of ether oxygens (including phenoxy) is 3. The van der Waals surface area contributed by atoms with Gasteiger partial charge < -0.3 is 14.2 Å². The highest BCUT2D eigenvalue weighted by Crippen LogP contribution is 2.40. The highest BCUT2D eigenvalue weighted by atomic mass is 16.6. The van der Waals surface area contributed by atoms with Gasteiger partial charge in [-0.15, -0.1) is 0 Å². The summed E-state index contributed by atoms with van der Waals surface area (Å²) < 4.78 is 17.5. The molecule has 0 atom stereocenters. The fourth-order valence-electron chi connectivity index (χ4n) is 4.66. The predicted octanol–water partition coefficient (Wildman–Crippen LogP) is 3.76. The summed E-state index contributed by atoms with van der Waals surface area (Å²) in [5, 5.41) is 0. The summed E-state index contributed by atoms with van der Waals surface area (Å²) in [4.78, 5) is 27.8. The van der Waals surface area contributed by atoms with Crippen molar-refractivity contribution < 1.29 is 23.8 Å². The zero-order chi connectivity index (χ0) is 21.6.